The number of fused-ring (bicyclic) bond motifs is 2. The summed E-state index contributed by atoms with van der Waals surface area (Å²) in [4.78, 5) is 6.60. The predicted octanol–water partition coefficient (Wildman–Crippen LogP) is 4.72. The molecular weight excluding hydrogens is 325 g/mol. The van der Waals surface area contributed by atoms with Crippen molar-refractivity contribution in [2.75, 3.05) is 13.1 Å². The van der Waals surface area contributed by atoms with Gasteiger partial charge >= 0.3 is 0 Å². The van der Waals surface area contributed by atoms with Crippen LogP contribution in [0.3, 0.4) is 0 Å². The standard InChI is InChI=1S/C22H22FN3/c23-16-5-6-22-19(10-16)20(13-26-22)18-9-15(18)11-24-8-7-14-12-25-21-4-2-1-3-17(14)21/h1-6,10,12-13,15,18,24-26H,7-9,11H2. The maximum Gasteiger partial charge on any atom is 0.123 e. The monoisotopic (exact) mass is 347 g/mol. The molecular formula is C22H22FN3. The van der Waals surface area contributed by atoms with Gasteiger partial charge < -0.3 is 15.3 Å². The van der Waals surface area contributed by atoms with E-state index >= 15 is 0 Å². The SMILES string of the molecule is Fc1ccc2[nH]cc(C3CC3CNCCc3c[nH]c4ccccc34)c2c1. The van der Waals surface area contributed by atoms with E-state index in [1.807, 2.05) is 6.07 Å². The number of para-hydroxylation sites is 1. The van der Waals surface area contributed by atoms with E-state index < -0.39 is 0 Å². The molecule has 2 atom stereocenters. The molecule has 2 heterocycles. The average molecular weight is 347 g/mol. The number of hydrogen-bond acceptors (Lipinski definition) is 1. The van der Waals surface area contributed by atoms with Gasteiger partial charge in [0, 0.05) is 34.2 Å². The third kappa shape index (κ3) is 2.80. The van der Waals surface area contributed by atoms with Gasteiger partial charge in [0.15, 0.2) is 0 Å². The van der Waals surface area contributed by atoms with Crippen LogP contribution in [0.5, 0.6) is 0 Å². The molecule has 5 rings (SSSR count). The lowest BCUT2D eigenvalue weighted by Gasteiger charge is -2.04. The highest BCUT2D eigenvalue weighted by Gasteiger charge is 2.39. The topological polar surface area (TPSA) is 43.6 Å². The Morgan fingerprint density at radius 2 is 1.85 bits per heavy atom. The Kier molecular flexibility index (Phi) is 3.79. The fraction of sp³-hybridized carbons (Fsp3) is 0.273. The molecule has 3 nitrogen and oxygen atoms in total. The molecule has 4 aromatic rings. The first-order valence-electron chi connectivity index (χ1n) is 9.32. The second kappa shape index (κ2) is 6.29. The largest absolute Gasteiger partial charge is 0.361 e. The van der Waals surface area contributed by atoms with Crippen LogP contribution in [0.2, 0.25) is 0 Å². The summed E-state index contributed by atoms with van der Waals surface area (Å²) in [6, 6.07) is 13.4. The molecule has 132 valence electrons. The first kappa shape index (κ1) is 15.6. The van der Waals surface area contributed by atoms with Gasteiger partial charge in [0.25, 0.3) is 0 Å². The quantitative estimate of drug-likeness (QED) is 0.434. The molecule has 0 spiro atoms. The van der Waals surface area contributed by atoms with Crippen molar-refractivity contribution < 1.29 is 4.39 Å². The van der Waals surface area contributed by atoms with Gasteiger partial charge in [0.2, 0.25) is 0 Å². The maximum atomic E-state index is 13.5. The van der Waals surface area contributed by atoms with Gasteiger partial charge in [-0.1, -0.05) is 18.2 Å². The molecule has 0 aliphatic heterocycles. The van der Waals surface area contributed by atoms with Crippen molar-refractivity contribution in [3.8, 4) is 0 Å². The van der Waals surface area contributed by atoms with Crippen LogP contribution in [0.15, 0.2) is 54.9 Å². The van der Waals surface area contributed by atoms with Crippen molar-refractivity contribution in [3.63, 3.8) is 0 Å². The van der Waals surface area contributed by atoms with E-state index in [0.717, 1.165) is 30.4 Å². The van der Waals surface area contributed by atoms with Crippen LogP contribution in [-0.4, -0.2) is 23.1 Å². The second-order valence-corrected chi connectivity index (χ2v) is 7.35. The van der Waals surface area contributed by atoms with Gasteiger partial charge in [0.1, 0.15) is 5.82 Å². The van der Waals surface area contributed by atoms with Crippen molar-refractivity contribution in [1.82, 2.24) is 15.3 Å². The van der Waals surface area contributed by atoms with Gasteiger partial charge in [-0.15, -0.1) is 0 Å². The van der Waals surface area contributed by atoms with E-state index in [-0.39, 0.29) is 5.82 Å². The highest BCUT2D eigenvalue weighted by atomic mass is 19.1. The summed E-state index contributed by atoms with van der Waals surface area (Å²) >= 11 is 0. The van der Waals surface area contributed by atoms with Gasteiger partial charge in [-0.2, -0.15) is 0 Å². The van der Waals surface area contributed by atoms with E-state index in [0.29, 0.717) is 11.8 Å². The lowest BCUT2D eigenvalue weighted by Crippen LogP contribution is -2.20. The van der Waals surface area contributed by atoms with Gasteiger partial charge in [0.05, 0.1) is 0 Å². The fourth-order valence-corrected chi connectivity index (χ4v) is 4.12. The number of aromatic amines is 2. The number of nitrogens with one attached hydrogen (secondary N) is 3. The number of halogens is 1. The maximum absolute atomic E-state index is 13.5. The van der Waals surface area contributed by atoms with E-state index in [1.54, 1.807) is 6.07 Å². The molecule has 26 heavy (non-hydrogen) atoms. The minimum Gasteiger partial charge on any atom is -0.361 e. The van der Waals surface area contributed by atoms with E-state index in [2.05, 4.69) is 51.9 Å². The molecule has 3 N–H and O–H groups in total. The smallest absolute Gasteiger partial charge is 0.123 e. The summed E-state index contributed by atoms with van der Waals surface area (Å²) in [6.45, 7) is 2.00. The third-order valence-corrected chi connectivity index (χ3v) is 5.65. The summed E-state index contributed by atoms with van der Waals surface area (Å²) in [7, 11) is 0. The van der Waals surface area contributed by atoms with Crippen molar-refractivity contribution in [1.29, 1.82) is 0 Å². The normalized spacial score (nSPS) is 19.4. The Morgan fingerprint density at radius 1 is 1.00 bits per heavy atom. The molecule has 1 saturated carbocycles. The average Bonchev–Trinajstić information content (AvgIpc) is 3.11. The summed E-state index contributed by atoms with van der Waals surface area (Å²) in [5, 5.41) is 5.96. The number of H-pyrrole nitrogens is 2. The predicted molar refractivity (Wildman–Crippen MR) is 104 cm³/mol. The van der Waals surface area contributed by atoms with Crippen molar-refractivity contribution in [2.24, 2.45) is 5.92 Å². The van der Waals surface area contributed by atoms with E-state index in [9.17, 15) is 4.39 Å². The first-order valence-corrected chi connectivity index (χ1v) is 9.32. The molecule has 2 aromatic carbocycles. The van der Waals surface area contributed by atoms with Crippen molar-refractivity contribution >= 4 is 21.8 Å². The summed E-state index contributed by atoms with van der Waals surface area (Å²) in [6.07, 6.45) is 6.39. The molecule has 1 aliphatic carbocycles. The molecule has 1 aliphatic rings. The lowest BCUT2D eigenvalue weighted by molar-refractivity contribution is 0.626. The summed E-state index contributed by atoms with van der Waals surface area (Å²) in [5.41, 5.74) is 4.87. The molecule has 1 fully saturated rings. The first-order chi connectivity index (χ1) is 12.8. The zero-order valence-electron chi connectivity index (χ0n) is 14.6. The summed E-state index contributed by atoms with van der Waals surface area (Å²) < 4.78 is 13.5. The number of benzene rings is 2. The van der Waals surface area contributed by atoms with Crippen LogP contribution in [-0.2, 0) is 6.42 Å². The Balaban J connectivity index is 1.17. The van der Waals surface area contributed by atoms with E-state index in [4.69, 9.17) is 0 Å². The van der Waals surface area contributed by atoms with Crippen LogP contribution >= 0.6 is 0 Å². The fourth-order valence-electron chi connectivity index (χ4n) is 4.12. The minimum atomic E-state index is -0.160. The number of hydrogen-bond donors (Lipinski definition) is 3. The van der Waals surface area contributed by atoms with Crippen molar-refractivity contribution in [3.05, 3.63) is 71.8 Å². The van der Waals surface area contributed by atoms with Crippen LogP contribution < -0.4 is 5.32 Å². The zero-order chi connectivity index (χ0) is 17.5. The highest BCUT2D eigenvalue weighted by Crippen LogP contribution is 2.49. The second-order valence-electron chi connectivity index (χ2n) is 7.35. The molecule has 2 unspecified atom stereocenters. The molecule has 4 heteroatoms. The zero-order valence-corrected chi connectivity index (χ0v) is 14.6. The Hall–Kier alpha value is -2.59. The van der Waals surface area contributed by atoms with Gasteiger partial charge in [-0.05, 0) is 73.2 Å². The molecule has 0 bridgehead atoms. The minimum absolute atomic E-state index is 0.160. The number of rotatable bonds is 6. The number of aromatic nitrogens is 2. The third-order valence-electron chi connectivity index (χ3n) is 5.65. The van der Waals surface area contributed by atoms with Crippen LogP contribution in [0, 0.1) is 11.7 Å². The molecule has 2 aromatic heterocycles. The summed E-state index contributed by atoms with van der Waals surface area (Å²) in [5.74, 6) is 1.04. The molecule has 0 radical (unpaired) electrons. The Labute approximate surface area is 151 Å². The lowest BCUT2D eigenvalue weighted by atomic mass is 10.1. The van der Waals surface area contributed by atoms with Crippen molar-refractivity contribution in [2.45, 2.75) is 18.8 Å². The van der Waals surface area contributed by atoms with Gasteiger partial charge in [-0.3, -0.25) is 0 Å². The Morgan fingerprint density at radius 3 is 2.81 bits per heavy atom. The Bertz CT molecular complexity index is 1060. The van der Waals surface area contributed by atoms with E-state index in [1.165, 1.54) is 34.5 Å². The molecule has 0 amide bonds. The van der Waals surface area contributed by atoms with Crippen LogP contribution in [0.25, 0.3) is 21.8 Å². The van der Waals surface area contributed by atoms with Crippen LogP contribution in [0.1, 0.15) is 23.5 Å². The van der Waals surface area contributed by atoms with Gasteiger partial charge in [-0.25, -0.2) is 4.39 Å². The van der Waals surface area contributed by atoms with Crippen LogP contribution in [0.4, 0.5) is 4.39 Å². The highest BCUT2D eigenvalue weighted by molar-refractivity contribution is 5.84. The molecule has 0 saturated heterocycles.